The molecule has 1 aromatic rings. The lowest BCUT2D eigenvalue weighted by Gasteiger charge is -2.25. The van der Waals surface area contributed by atoms with Crippen molar-refractivity contribution >= 4 is 35.5 Å². The van der Waals surface area contributed by atoms with Crippen LogP contribution in [0.4, 0.5) is 0 Å². The van der Waals surface area contributed by atoms with Crippen LogP contribution in [0.25, 0.3) is 0 Å². The number of carboxylic acids is 1. The van der Waals surface area contributed by atoms with Gasteiger partial charge in [0.15, 0.2) is 0 Å². The lowest BCUT2D eigenvalue weighted by molar-refractivity contribution is -0.142. The minimum atomic E-state index is -1.50. The number of primary amides is 2. The minimum Gasteiger partial charge on any atom is -0.480 e. The smallest absolute Gasteiger partial charge is 0.326 e. The van der Waals surface area contributed by atoms with Gasteiger partial charge in [-0.1, -0.05) is 30.3 Å². The molecule has 14 nitrogen and oxygen atoms in total. The first kappa shape index (κ1) is 32.0. The summed E-state index contributed by atoms with van der Waals surface area (Å²) in [5.74, 6) is -5.35. The Morgan fingerprint density at radius 1 is 0.763 bits per heavy atom. The molecule has 5 amide bonds. The van der Waals surface area contributed by atoms with Gasteiger partial charge in [-0.25, -0.2) is 4.79 Å². The van der Waals surface area contributed by atoms with Gasteiger partial charge in [0.05, 0.1) is 12.5 Å². The van der Waals surface area contributed by atoms with E-state index in [9.17, 15) is 33.9 Å². The second-order valence-electron chi connectivity index (χ2n) is 8.78. The maximum Gasteiger partial charge on any atom is 0.326 e. The molecule has 1 aromatic carbocycles. The average Bonchev–Trinajstić information content (AvgIpc) is 2.85. The number of carbonyl (C=O) groups excluding carboxylic acids is 5. The third-order valence-electron chi connectivity index (χ3n) is 5.55. The molecule has 14 heteroatoms. The number of carbonyl (C=O) groups is 6. The molecular weight excluding hydrogens is 498 g/mol. The van der Waals surface area contributed by atoms with Crippen molar-refractivity contribution in [3.8, 4) is 0 Å². The van der Waals surface area contributed by atoms with E-state index >= 15 is 0 Å². The molecule has 0 aliphatic carbocycles. The first-order chi connectivity index (χ1) is 17.9. The van der Waals surface area contributed by atoms with Crippen LogP contribution in [0.5, 0.6) is 0 Å². The van der Waals surface area contributed by atoms with Crippen molar-refractivity contribution in [3.05, 3.63) is 35.9 Å². The molecule has 0 aliphatic heterocycles. The van der Waals surface area contributed by atoms with Crippen LogP contribution in [-0.2, 0) is 35.2 Å². The first-order valence-electron chi connectivity index (χ1n) is 12.1. The summed E-state index contributed by atoms with van der Waals surface area (Å²) in [6.45, 7) is 0.338. The van der Waals surface area contributed by atoms with Gasteiger partial charge >= 0.3 is 5.97 Å². The maximum absolute atomic E-state index is 13.0. The van der Waals surface area contributed by atoms with Gasteiger partial charge in [0.25, 0.3) is 0 Å². The highest BCUT2D eigenvalue weighted by Gasteiger charge is 2.31. The highest BCUT2D eigenvalue weighted by Crippen LogP contribution is 2.07. The summed E-state index contributed by atoms with van der Waals surface area (Å²) >= 11 is 0. The Balaban J connectivity index is 2.99. The van der Waals surface area contributed by atoms with Crippen molar-refractivity contribution < 1.29 is 33.9 Å². The van der Waals surface area contributed by atoms with E-state index in [2.05, 4.69) is 16.0 Å². The SMILES string of the molecule is NCCCCC(NC(=O)C(N)CCC(N)=O)C(=O)NC(CC(N)=O)C(=O)NC(Cc1ccccc1)C(=O)O. The predicted octanol–water partition coefficient (Wildman–Crippen LogP) is -2.63. The van der Waals surface area contributed by atoms with Gasteiger partial charge in [0.2, 0.25) is 29.5 Å². The zero-order chi connectivity index (χ0) is 28.7. The molecule has 0 spiro atoms. The number of hydrogen-bond donors (Lipinski definition) is 8. The summed E-state index contributed by atoms with van der Waals surface area (Å²) in [6, 6.07) is 3.43. The van der Waals surface area contributed by atoms with E-state index in [0.29, 0.717) is 24.9 Å². The van der Waals surface area contributed by atoms with Crippen molar-refractivity contribution in [1.29, 1.82) is 0 Å². The summed E-state index contributed by atoms with van der Waals surface area (Å²) in [4.78, 5) is 72.8. The van der Waals surface area contributed by atoms with E-state index in [1.165, 1.54) is 0 Å². The third kappa shape index (κ3) is 12.3. The summed E-state index contributed by atoms with van der Waals surface area (Å²) in [5, 5.41) is 16.7. The molecule has 38 heavy (non-hydrogen) atoms. The molecule has 0 radical (unpaired) electrons. The molecule has 12 N–H and O–H groups in total. The summed E-state index contributed by atoms with van der Waals surface area (Å²) < 4.78 is 0. The number of nitrogens with two attached hydrogens (primary N) is 4. The van der Waals surface area contributed by atoms with E-state index < -0.39 is 66.1 Å². The molecule has 0 aliphatic rings. The lowest BCUT2D eigenvalue weighted by atomic mass is 10.0. The van der Waals surface area contributed by atoms with E-state index in [1.54, 1.807) is 30.3 Å². The lowest BCUT2D eigenvalue weighted by Crippen LogP contribution is -2.58. The fourth-order valence-electron chi connectivity index (χ4n) is 3.47. The van der Waals surface area contributed by atoms with Gasteiger partial charge in [0, 0.05) is 12.8 Å². The quantitative estimate of drug-likeness (QED) is 0.0912. The number of unbranched alkanes of at least 4 members (excludes halogenated alkanes) is 1. The van der Waals surface area contributed by atoms with Gasteiger partial charge < -0.3 is 44.0 Å². The first-order valence-corrected chi connectivity index (χ1v) is 12.1. The molecule has 4 unspecified atom stereocenters. The molecule has 0 heterocycles. The number of aliphatic carboxylic acids is 1. The van der Waals surface area contributed by atoms with Crippen molar-refractivity contribution in [2.45, 2.75) is 69.1 Å². The molecule has 0 fully saturated rings. The Hall–Kier alpha value is -4.04. The average molecular weight is 536 g/mol. The van der Waals surface area contributed by atoms with Crippen LogP contribution in [0.3, 0.4) is 0 Å². The Kier molecular flexibility index (Phi) is 14.0. The Morgan fingerprint density at radius 3 is 1.89 bits per heavy atom. The van der Waals surface area contributed by atoms with Crippen LogP contribution in [-0.4, -0.2) is 71.3 Å². The van der Waals surface area contributed by atoms with Crippen LogP contribution in [0.2, 0.25) is 0 Å². The van der Waals surface area contributed by atoms with Gasteiger partial charge in [-0.2, -0.15) is 0 Å². The Bertz CT molecular complexity index is 974. The van der Waals surface area contributed by atoms with Crippen molar-refractivity contribution in [2.24, 2.45) is 22.9 Å². The van der Waals surface area contributed by atoms with Crippen LogP contribution < -0.4 is 38.9 Å². The standard InChI is InChI=1S/C24H37N7O7/c25-11-5-4-8-16(29-21(34)15(26)9-10-19(27)32)22(35)30-17(13-20(28)33)23(36)31-18(24(37)38)12-14-6-2-1-3-7-14/h1-3,6-7,15-18H,4-5,8-13,25-26H2,(H2,27,32)(H2,28,33)(H,29,34)(H,30,35)(H,31,36)(H,37,38). The summed E-state index contributed by atoms with van der Waals surface area (Å²) in [6.07, 6.45) is 0.287. The molecular formula is C24H37N7O7. The molecule has 0 aromatic heterocycles. The topological polar surface area (TPSA) is 263 Å². The normalized spacial score (nSPS) is 13.8. The molecule has 0 saturated heterocycles. The molecule has 1 rings (SSSR count). The van der Waals surface area contributed by atoms with E-state index in [0.717, 1.165) is 0 Å². The number of amides is 5. The maximum atomic E-state index is 13.0. The minimum absolute atomic E-state index is 0.0387. The number of carboxylic acid groups (broad SMARTS) is 1. The largest absolute Gasteiger partial charge is 0.480 e. The third-order valence-corrected chi connectivity index (χ3v) is 5.55. The van der Waals surface area contributed by atoms with E-state index in [4.69, 9.17) is 22.9 Å². The van der Waals surface area contributed by atoms with Gasteiger partial charge in [-0.05, 0) is 37.8 Å². The highest BCUT2D eigenvalue weighted by atomic mass is 16.4. The van der Waals surface area contributed by atoms with E-state index in [1.807, 2.05) is 0 Å². The number of benzene rings is 1. The number of nitrogens with one attached hydrogen (secondary N) is 3. The van der Waals surface area contributed by atoms with Crippen LogP contribution in [0.15, 0.2) is 30.3 Å². The fourth-order valence-corrected chi connectivity index (χ4v) is 3.47. The highest BCUT2D eigenvalue weighted by molar-refractivity contribution is 5.96. The summed E-state index contributed by atoms with van der Waals surface area (Å²) in [7, 11) is 0. The molecule has 0 saturated carbocycles. The Morgan fingerprint density at radius 2 is 1.34 bits per heavy atom. The van der Waals surface area contributed by atoms with Gasteiger partial charge in [0.1, 0.15) is 18.1 Å². The van der Waals surface area contributed by atoms with Crippen LogP contribution in [0, 0.1) is 0 Å². The summed E-state index contributed by atoms with van der Waals surface area (Å²) in [5.41, 5.74) is 22.3. The van der Waals surface area contributed by atoms with Crippen LogP contribution >= 0.6 is 0 Å². The monoisotopic (exact) mass is 535 g/mol. The predicted molar refractivity (Wildman–Crippen MR) is 137 cm³/mol. The Labute approximate surface area is 220 Å². The molecule has 4 atom stereocenters. The van der Waals surface area contributed by atoms with Gasteiger partial charge in [-0.15, -0.1) is 0 Å². The molecule has 210 valence electrons. The van der Waals surface area contributed by atoms with E-state index in [-0.39, 0.29) is 25.7 Å². The number of rotatable bonds is 18. The zero-order valence-corrected chi connectivity index (χ0v) is 21.1. The van der Waals surface area contributed by atoms with Crippen molar-refractivity contribution in [3.63, 3.8) is 0 Å². The van der Waals surface area contributed by atoms with Crippen molar-refractivity contribution in [2.75, 3.05) is 6.54 Å². The molecule has 0 bridgehead atoms. The zero-order valence-electron chi connectivity index (χ0n) is 21.1. The van der Waals surface area contributed by atoms with Crippen LogP contribution in [0.1, 0.15) is 44.1 Å². The number of hydrogen-bond acceptors (Lipinski definition) is 8. The van der Waals surface area contributed by atoms with Gasteiger partial charge in [-0.3, -0.25) is 24.0 Å². The fraction of sp³-hybridized carbons (Fsp3) is 0.500. The second-order valence-corrected chi connectivity index (χ2v) is 8.78. The second kappa shape index (κ2) is 16.7. The van der Waals surface area contributed by atoms with Crippen molar-refractivity contribution in [1.82, 2.24) is 16.0 Å².